The van der Waals surface area contributed by atoms with Gasteiger partial charge in [-0.05, 0) is 45.8 Å². The molecule has 1 aliphatic heterocycles. The molecule has 0 atom stereocenters. The first kappa shape index (κ1) is 11.4. The molecule has 2 aliphatic rings. The van der Waals surface area contributed by atoms with Crippen LogP contribution in [0.5, 0.6) is 0 Å². The van der Waals surface area contributed by atoms with Gasteiger partial charge in [0.15, 0.2) is 0 Å². The molecule has 15 heavy (non-hydrogen) atoms. The van der Waals surface area contributed by atoms with E-state index in [1.807, 2.05) is 0 Å². The van der Waals surface area contributed by atoms with Crippen LogP contribution in [-0.4, -0.2) is 62.2 Å². The molecule has 0 amide bonds. The molecular weight excluding hydrogens is 186 g/mol. The van der Waals surface area contributed by atoms with Crippen molar-refractivity contribution in [2.45, 2.75) is 31.7 Å². The molecule has 2 rings (SSSR count). The van der Waals surface area contributed by atoms with E-state index in [1.165, 1.54) is 65.0 Å². The van der Waals surface area contributed by atoms with Crippen molar-refractivity contribution in [2.24, 2.45) is 0 Å². The Bertz CT molecular complexity index is 172. The summed E-state index contributed by atoms with van der Waals surface area (Å²) >= 11 is 0. The van der Waals surface area contributed by atoms with Crippen LogP contribution in [0.3, 0.4) is 0 Å². The molecule has 2 fully saturated rings. The molecular formula is C12H25N3. The standard InChI is InChI=1S/C12H25N3/c1-14-8-10-15(11-9-14)7-3-2-6-13-12-4-5-12/h12-13H,2-11H2,1H3. The zero-order chi connectivity index (χ0) is 10.5. The summed E-state index contributed by atoms with van der Waals surface area (Å²) in [7, 11) is 2.22. The lowest BCUT2D eigenvalue weighted by Gasteiger charge is -2.32. The highest BCUT2D eigenvalue weighted by molar-refractivity contribution is 4.80. The van der Waals surface area contributed by atoms with Crippen LogP contribution in [0.2, 0.25) is 0 Å². The summed E-state index contributed by atoms with van der Waals surface area (Å²) < 4.78 is 0. The van der Waals surface area contributed by atoms with Crippen LogP contribution in [0, 0.1) is 0 Å². The smallest absolute Gasteiger partial charge is 0.0110 e. The topological polar surface area (TPSA) is 18.5 Å². The van der Waals surface area contributed by atoms with Crippen molar-refractivity contribution in [2.75, 3.05) is 46.3 Å². The lowest BCUT2D eigenvalue weighted by molar-refractivity contribution is 0.152. The Kier molecular flexibility index (Phi) is 4.42. The number of unbranched alkanes of at least 4 members (excludes halogenated alkanes) is 1. The minimum Gasteiger partial charge on any atom is -0.314 e. The number of hydrogen-bond acceptors (Lipinski definition) is 3. The molecule has 0 spiro atoms. The van der Waals surface area contributed by atoms with Crippen molar-refractivity contribution in [3.63, 3.8) is 0 Å². The van der Waals surface area contributed by atoms with Gasteiger partial charge in [0.25, 0.3) is 0 Å². The highest BCUT2D eigenvalue weighted by atomic mass is 15.2. The molecule has 0 aromatic heterocycles. The van der Waals surface area contributed by atoms with E-state index < -0.39 is 0 Å². The van der Waals surface area contributed by atoms with Crippen molar-refractivity contribution in [3.05, 3.63) is 0 Å². The number of hydrogen-bond donors (Lipinski definition) is 1. The van der Waals surface area contributed by atoms with Crippen molar-refractivity contribution >= 4 is 0 Å². The Morgan fingerprint density at radius 1 is 1.07 bits per heavy atom. The predicted octanol–water partition coefficient (Wildman–Crippen LogP) is 0.766. The molecule has 1 saturated carbocycles. The van der Waals surface area contributed by atoms with E-state index in [-0.39, 0.29) is 0 Å². The van der Waals surface area contributed by atoms with Crippen LogP contribution in [0.1, 0.15) is 25.7 Å². The molecule has 1 aliphatic carbocycles. The fraction of sp³-hybridized carbons (Fsp3) is 1.00. The SMILES string of the molecule is CN1CCN(CCCCNC2CC2)CC1. The van der Waals surface area contributed by atoms with E-state index in [2.05, 4.69) is 22.2 Å². The Hall–Kier alpha value is -0.120. The first-order valence-electron chi connectivity index (χ1n) is 6.49. The minimum atomic E-state index is 0.883. The quantitative estimate of drug-likeness (QED) is 0.655. The van der Waals surface area contributed by atoms with Crippen LogP contribution in [0.25, 0.3) is 0 Å². The third kappa shape index (κ3) is 4.49. The van der Waals surface area contributed by atoms with Gasteiger partial charge in [-0.1, -0.05) is 0 Å². The molecule has 0 aromatic carbocycles. The second-order valence-corrected chi connectivity index (χ2v) is 5.08. The van der Waals surface area contributed by atoms with Crippen LogP contribution in [-0.2, 0) is 0 Å². The fourth-order valence-corrected chi connectivity index (χ4v) is 2.13. The van der Waals surface area contributed by atoms with Gasteiger partial charge in [-0.3, -0.25) is 0 Å². The summed E-state index contributed by atoms with van der Waals surface area (Å²) in [5, 5.41) is 3.57. The van der Waals surface area contributed by atoms with E-state index in [1.54, 1.807) is 0 Å². The maximum atomic E-state index is 3.57. The zero-order valence-corrected chi connectivity index (χ0v) is 10.0. The van der Waals surface area contributed by atoms with Crippen LogP contribution in [0.4, 0.5) is 0 Å². The molecule has 3 nitrogen and oxygen atoms in total. The minimum absolute atomic E-state index is 0.883. The normalized spacial score (nSPS) is 24.6. The maximum absolute atomic E-state index is 3.57. The van der Waals surface area contributed by atoms with Crippen molar-refractivity contribution in [3.8, 4) is 0 Å². The fourth-order valence-electron chi connectivity index (χ4n) is 2.13. The lowest BCUT2D eigenvalue weighted by Crippen LogP contribution is -2.44. The van der Waals surface area contributed by atoms with Gasteiger partial charge in [-0.25, -0.2) is 0 Å². The third-order valence-electron chi connectivity index (χ3n) is 3.51. The molecule has 0 aromatic rings. The van der Waals surface area contributed by atoms with E-state index in [4.69, 9.17) is 0 Å². The van der Waals surface area contributed by atoms with Gasteiger partial charge in [-0.15, -0.1) is 0 Å². The molecule has 88 valence electrons. The maximum Gasteiger partial charge on any atom is 0.0110 e. The summed E-state index contributed by atoms with van der Waals surface area (Å²) in [5.74, 6) is 0. The molecule has 0 radical (unpaired) electrons. The molecule has 0 unspecified atom stereocenters. The number of piperazine rings is 1. The van der Waals surface area contributed by atoms with E-state index >= 15 is 0 Å². The zero-order valence-electron chi connectivity index (χ0n) is 10.0. The highest BCUT2D eigenvalue weighted by Gasteiger charge is 2.19. The summed E-state index contributed by atoms with van der Waals surface area (Å²) in [4.78, 5) is 5.03. The Morgan fingerprint density at radius 3 is 2.47 bits per heavy atom. The van der Waals surface area contributed by atoms with Crippen LogP contribution < -0.4 is 5.32 Å². The summed E-state index contributed by atoms with van der Waals surface area (Å²) in [6.07, 6.45) is 5.54. The van der Waals surface area contributed by atoms with Crippen LogP contribution >= 0.6 is 0 Å². The third-order valence-corrected chi connectivity index (χ3v) is 3.51. The highest BCUT2D eigenvalue weighted by Crippen LogP contribution is 2.18. The van der Waals surface area contributed by atoms with Gasteiger partial charge in [0.1, 0.15) is 0 Å². The van der Waals surface area contributed by atoms with Gasteiger partial charge in [0.2, 0.25) is 0 Å². The lowest BCUT2D eigenvalue weighted by atomic mass is 10.2. The summed E-state index contributed by atoms with van der Waals surface area (Å²) in [5.41, 5.74) is 0. The van der Waals surface area contributed by atoms with Gasteiger partial charge >= 0.3 is 0 Å². The first-order chi connectivity index (χ1) is 7.34. The summed E-state index contributed by atoms with van der Waals surface area (Å²) in [6.45, 7) is 7.58. The Balaban J connectivity index is 1.43. The Morgan fingerprint density at radius 2 is 1.80 bits per heavy atom. The second-order valence-electron chi connectivity index (χ2n) is 5.08. The largest absolute Gasteiger partial charge is 0.314 e. The first-order valence-corrected chi connectivity index (χ1v) is 6.49. The average Bonchev–Trinajstić information content (AvgIpc) is 3.04. The number of nitrogens with one attached hydrogen (secondary N) is 1. The summed E-state index contributed by atoms with van der Waals surface area (Å²) in [6, 6.07) is 0.883. The van der Waals surface area contributed by atoms with Crippen molar-refractivity contribution in [1.29, 1.82) is 0 Å². The van der Waals surface area contributed by atoms with Crippen molar-refractivity contribution < 1.29 is 0 Å². The number of nitrogens with zero attached hydrogens (tertiary/aromatic N) is 2. The predicted molar refractivity (Wildman–Crippen MR) is 64.2 cm³/mol. The number of likely N-dealkylation sites (N-methyl/N-ethyl adjacent to an activating group) is 1. The molecule has 3 heteroatoms. The number of rotatable bonds is 6. The van der Waals surface area contributed by atoms with Gasteiger partial charge < -0.3 is 15.1 Å². The monoisotopic (exact) mass is 211 g/mol. The van der Waals surface area contributed by atoms with Crippen molar-refractivity contribution in [1.82, 2.24) is 15.1 Å². The van der Waals surface area contributed by atoms with E-state index in [0.29, 0.717) is 0 Å². The van der Waals surface area contributed by atoms with E-state index in [9.17, 15) is 0 Å². The molecule has 0 bridgehead atoms. The van der Waals surface area contributed by atoms with Crippen LogP contribution in [0.15, 0.2) is 0 Å². The van der Waals surface area contributed by atoms with Gasteiger partial charge in [0, 0.05) is 32.2 Å². The average molecular weight is 211 g/mol. The second kappa shape index (κ2) is 5.83. The van der Waals surface area contributed by atoms with Gasteiger partial charge in [0.05, 0.1) is 0 Å². The van der Waals surface area contributed by atoms with Gasteiger partial charge in [-0.2, -0.15) is 0 Å². The van der Waals surface area contributed by atoms with E-state index in [0.717, 1.165) is 6.04 Å². The molecule has 1 saturated heterocycles. The molecule has 1 N–H and O–H groups in total. The Labute approximate surface area is 93.8 Å². The molecule has 1 heterocycles.